The molecule has 1 heterocycles. The highest BCUT2D eigenvalue weighted by Gasteiger charge is 2.33. The highest BCUT2D eigenvalue weighted by atomic mass is 16.5. The van der Waals surface area contributed by atoms with Crippen LogP contribution in [0.15, 0.2) is 0 Å². The molecule has 0 spiro atoms. The van der Waals surface area contributed by atoms with Gasteiger partial charge in [0.15, 0.2) is 0 Å². The molecule has 1 aliphatic heterocycles. The van der Waals surface area contributed by atoms with Crippen molar-refractivity contribution >= 4 is 29.5 Å². The van der Waals surface area contributed by atoms with Crippen LogP contribution in [0.2, 0.25) is 0 Å². The van der Waals surface area contributed by atoms with Crippen molar-refractivity contribution in [3.05, 3.63) is 0 Å². The Morgan fingerprint density at radius 2 is 1.74 bits per heavy atom. The number of Topliss-reactive ketones (excluding diaryl/α,β-unsaturated/α-hetero) is 1. The second-order valence-corrected chi connectivity index (χ2v) is 9.98. The number of unbranched alkanes of at least 4 members (excludes halogenated alkanes) is 1. The van der Waals surface area contributed by atoms with Gasteiger partial charge in [-0.05, 0) is 25.7 Å². The molecule has 216 valence electrons. The van der Waals surface area contributed by atoms with Crippen LogP contribution in [-0.4, -0.2) is 93.1 Å². The van der Waals surface area contributed by atoms with E-state index in [4.69, 9.17) is 14.2 Å². The second kappa shape index (κ2) is 17.9. The number of nitrogens with one attached hydrogen (secondary N) is 2. The fraction of sp³-hybridized carbons (Fsp3) is 0.815. The predicted octanol–water partition coefficient (Wildman–Crippen LogP) is 1.37. The van der Waals surface area contributed by atoms with E-state index in [-0.39, 0.29) is 25.5 Å². The van der Waals surface area contributed by atoms with Crippen LogP contribution in [0.4, 0.5) is 0 Å². The lowest BCUT2D eigenvalue weighted by Gasteiger charge is -2.30. The van der Waals surface area contributed by atoms with Crippen molar-refractivity contribution in [3.8, 4) is 0 Å². The SMILES string of the molecule is CCCCOC[C@H](NC(=O)[C@@H](CC(=O)N1CCOCC1)CC1CCCCC1)C(=O)C(=O)NCC(=O)OCC. The summed E-state index contributed by atoms with van der Waals surface area (Å²) in [6, 6.07) is -1.23. The number of nitrogens with zero attached hydrogens (tertiary/aromatic N) is 1. The fourth-order valence-corrected chi connectivity index (χ4v) is 4.79. The third-order valence-electron chi connectivity index (χ3n) is 6.98. The van der Waals surface area contributed by atoms with Gasteiger partial charge in [0.05, 0.1) is 26.4 Å². The lowest BCUT2D eigenvalue weighted by Crippen LogP contribution is -2.52. The third-order valence-corrected chi connectivity index (χ3v) is 6.98. The Hall–Kier alpha value is -2.53. The minimum absolute atomic E-state index is 0.0367. The van der Waals surface area contributed by atoms with Gasteiger partial charge in [0.1, 0.15) is 12.6 Å². The number of ketones is 1. The van der Waals surface area contributed by atoms with Crippen LogP contribution in [0.3, 0.4) is 0 Å². The molecule has 2 atom stereocenters. The third kappa shape index (κ3) is 11.5. The first-order chi connectivity index (χ1) is 18.3. The van der Waals surface area contributed by atoms with E-state index >= 15 is 0 Å². The molecule has 38 heavy (non-hydrogen) atoms. The Labute approximate surface area is 225 Å². The molecule has 2 N–H and O–H groups in total. The first-order valence-electron chi connectivity index (χ1n) is 14.1. The van der Waals surface area contributed by atoms with E-state index in [2.05, 4.69) is 10.6 Å². The average molecular weight is 540 g/mol. The van der Waals surface area contributed by atoms with Crippen LogP contribution in [-0.2, 0) is 38.2 Å². The quantitative estimate of drug-likeness (QED) is 0.170. The van der Waals surface area contributed by atoms with Gasteiger partial charge in [-0.2, -0.15) is 0 Å². The summed E-state index contributed by atoms with van der Waals surface area (Å²) in [7, 11) is 0. The number of rotatable bonds is 16. The highest BCUT2D eigenvalue weighted by molar-refractivity contribution is 6.38. The maximum absolute atomic E-state index is 13.5. The van der Waals surface area contributed by atoms with Crippen molar-refractivity contribution in [2.45, 2.75) is 77.7 Å². The molecule has 0 radical (unpaired) electrons. The lowest BCUT2D eigenvalue weighted by atomic mass is 9.81. The van der Waals surface area contributed by atoms with Gasteiger partial charge in [-0.3, -0.25) is 24.0 Å². The number of hydrogen-bond donors (Lipinski definition) is 2. The van der Waals surface area contributed by atoms with Crippen LogP contribution in [0.5, 0.6) is 0 Å². The van der Waals surface area contributed by atoms with Crippen LogP contribution >= 0.6 is 0 Å². The number of carbonyl (C=O) groups excluding carboxylic acids is 5. The van der Waals surface area contributed by atoms with E-state index in [1.54, 1.807) is 11.8 Å². The molecular formula is C27H45N3O8. The second-order valence-electron chi connectivity index (χ2n) is 9.98. The van der Waals surface area contributed by atoms with E-state index in [9.17, 15) is 24.0 Å². The molecule has 1 saturated heterocycles. The van der Waals surface area contributed by atoms with Crippen LogP contribution in [0.25, 0.3) is 0 Å². The van der Waals surface area contributed by atoms with Crippen molar-refractivity contribution in [2.24, 2.45) is 11.8 Å². The molecule has 2 fully saturated rings. The molecular weight excluding hydrogens is 494 g/mol. The van der Waals surface area contributed by atoms with E-state index in [1.807, 2.05) is 6.92 Å². The average Bonchev–Trinajstić information content (AvgIpc) is 2.93. The van der Waals surface area contributed by atoms with Crippen molar-refractivity contribution in [3.63, 3.8) is 0 Å². The summed E-state index contributed by atoms with van der Waals surface area (Å²) in [4.78, 5) is 65.2. The van der Waals surface area contributed by atoms with Gasteiger partial charge in [-0.25, -0.2) is 0 Å². The van der Waals surface area contributed by atoms with Gasteiger partial charge < -0.3 is 29.7 Å². The van der Waals surface area contributed by atoms with Crippen molar-refractivity contribution in [1.29, 1.82) is 0 Å². The lowest BCUT2D eigenvalue weighted by molar-refractivity contribution is -0.146. The van der Waals surface area contributed by atoms with E-state index in [1.165, 1.54) is 6.42 Å². The molecule has 2 rings (SSSR count). The Morgan fingerprint density at radius 1 is 1.03 bits per heavy atom. The number of esters is 1. The zero-order chi connectivity index (χ0) is 27.8. The summed E-state index contributed by atoms with van der Waals surface area (Å²) in [6.07, 6.45) is 7.63. The van der Waals surface area contributed by atoms with E-state index in [0.717, 1.165) is 38.5 Å². The zero-order valence-electron chi connectivity index (χ0n) is 23.0. The summed E-state index contributed by atoms with van der Waals surface area (Å²) in [5.74, 6) is -3.42. The largest absolute Gasteiger partial charge is 0.465 e. The van der Waals surface area contributed by atoms with Gasteiger partial charge in [0.2, 0.25) is 17.6 Å². The Kier molecular flexibility index (Phi) is 14.9. The number of ether oxygens (including phenoxy) is 3. The maximum Gasteiger partial charge on any atom is 0.325 e. The first kappa shape index (κ1) is 31.7. The van der Waals surface area contributed by atoms with Crippen LogP contribution in [0, 0.1) is 11.8 Å². The highest BCUT2D eigenvalue weighted by Crippen LogP contribution is 2.30. The minimum Gasteiger partial charge on any atom is -0.465 e. The Balaban J connectivity index is 2.09. The van der Waals surface area contributed by atoms with Crippen molar-refractivity contribution in [1.82, 2.24) is 15.5 Å². The molecule has 3 amide bonds. The van der Waals surface area contributed by atoms with Crippen LogP contribution < -0.4 is 10.6 Å². The predicted molar refractivity (Wildman–Crippen MR) is 139 cm³/mol. The van der Waals surface area contributed by atoms with Gasteiger partial charge >= 0.3 is 5.97 Å². The molecule has 0 aromatic carbocycles. The van der Waals surface area contributed by atoms with Gasteiger partial charge in [-0.1, -0.05) is 45.4 Å². The Bertz CT molecular complexity index is 778. The van der Waals surface area contributed by atoms with E-state index < -0.39 is 42.1 Å². The van der Waals surface area contributed by atoms with Gasteiger partial charge in [0, 0.05) is 32.0 Å². The van der Waals surface area contributed by atoms with E-state index in [0.29, 0.717) is 45.2 Å². The number of amides is 3. The monoisotopic (exact) mass is 539 g/mol. The summed E-state index contributed by atoms with van der Waals surface area (Å²) in [5, 5.41) is 4.95. The number of hydrogen-bond acceptors (Lipinski definition) is 8. The zero-order valence-corrected chi connectivity index (χ0v) is 23.0. The number of carbonyl (C=O) groups is 5. The molecule has 1 aliphatic carbocycles. The standard InChI is InChI=1S/C27H45N3O8/c1-3-5-13-37-19-22(25(33)27(35)28-18-24(32)38-4-2)29-26(34)21(16-20-9-7-6-8-10-20)17-23(31)30-11-14-36-15-12-30/h20-22H,3-19H2,1-2H3,(H,28,35)(H,29,34)/t21-,22+/m1/s1. The summed E-state index contributed by atoms with van der Waals surface area (Å²) < 4.78 is 15.7. The molecule has 0 bridgehead atoms. The normalized spacial score (nSPS) is 17.8. The van der Waals surface area contributed by atoms with Crippen molar-refractivity contribution in [2.75, 3.05) is 52.7 Å². The summed E-state index contributed by atoms with van der Waals surface area (Å²) >= 11 is 0. The molecule has 11 nitrogen and oxygen atoms in total. The smallest absolute Gasteiger partial charge is 0.325 e. The topological polar surface area (TPSA) is 140 Å². The first-order valence-corrected chi connectivity index (χ1v) is 14.1. The molecule has 0 unspecified atom stereocenters. The van der Waals surface area contributed by atoms with Crippen LogP contribution in [0.1, 0.15) is 71.6 Å². The summed E-state index contributed by atoms with van der Waals surface area (Å²) in [6.45, 7) is 5.46. The van der Waals surface area contributed by atoms with Gasteiger partial charge in [0.25, 0.3) is 5.91 Å². The summed E-state index contributed by atoms with van der Waals surface area (Å²) in [5.41, 5.74) is 0. The van der Waals surface area contributed by atoms with Crippen molar-refractivity contribution < 1.29 is 38.2 Å². The number of morpholine rings is 1. The molecule has 0 aromatic heterocycles. The molecule has 0 aromatic rings. The molecule has 11 heteroatoms. The van der Waals surface area contributed by atoms with Gasteiger partial charge in [-0.15, -0.1) is 0 Å². The fourth-order valence-electron chi connectivity index (χ4n) is 4.79. The molecule has 2 aliphatic rings. The minimum atomic E-state index is -1.23. The molecule has 1 saturated carbocycles. The Morgan fingerprint density at radius 3 is 2.39 bits per heavy atom. The maximum atomic E-state index is 13.5.